The summed E-state index contributed by atoms with van der Waals surface area (Å²) in [6.45, 7) is 2.07. The summed E-state index contributed by atoms with van der Waals surface area (Å²) in [4.78, 5) is 0. The summed E-state index contributed by atoms with van der Waals surface area (Å²) in [5.74, 6) is 4.52. The zero-order valence-electron chi connectivity index (χ0n) is 12.9. The normalized spacial score (nSPS) is 33.4. The molecular formula is C19H23ClO. The molecule has 112 valence electrons. The summed E-state index contributed by atoms with van der Waals surface area (Å²) in [7, 11) is 1.81. The number of halogens is 1. The molecule has 0 atom stereocenters. The van der Waals surface area contributed by atoms with Gasteiger partial charge in [0.25, 0.3) is 0 Å². The van der Waals surface area contributed by atoms with E-state index in [4.69, 9.17) is 16.3 Å². The second-order valence-electron chi connectivity index (χ2n) is 7.23. The molecule has 0 N–H and O–H groups in total. The average Bonchev–Trinajstić information content (AvgIpc) is 2.46. The third-order valence-corrected chi connectivity index (χ3v) is 6.42. The van der Waals surface area contributed by atoms with Crippen LogP contribution in [0.3, 0.4) is 0 Å². The molecule has 0 saturated heterocycles. The van der Waals surface area contributed by atoms with Crippen molar-refractivity contribution >= 4 is 17.4 Å². The van der Waals surface area contributed by atoms with Crippen molar-refractivity contribution in [1.29, 1.82) is 0 Å². The first kappa shape index (κ1) is 13.7. The minimum Gasteiger partial charge on any atom is -0.496 e. The number of aryl methyl sites for hydroxylation is 1. The number of methoxy groups -OCH3 is 1. The fourth-order valence-corrected chi connectivity index (χ4v) is 5.48. The standard InChI is InChI=1S/C19H23ClO/c1-11-4-3-5-16(18(11)20)19(21-2)17-14-7-12-6-13(9-14)10-15(17)8-12/h3-5,12-15H,6-10H2,1-2H3. The van der Waals surface area contributed by atoms with Crippen LogP contribution in [0.15, 0.2) is 23.8 Å². The molecule has 0 radical (unpaired) electrons. The summed E-state index contributed by atoms with van der Waals surface area (Å²) in [5.41, 5.74) is 3.81. The van der Waals surface area contributed by atoms with Gasteiger partial charge in [-0.1, -0.05) is 23.7 Å². The van der Waals surface area contributed by atoms with E-state index in [-0.39, 0.29) is 0 Å². The number of ether oxygens (including phenoxy) is 1. The van der Waals surface area contributed by atoms with E-state index in [1.807, 2.05) is 7.11 Å². The van der Waals surface area contributed by atoms with Gasteiger partial charge in [-0.3, -0.25) is 0 Å². The van der Waals surface area contributed by atoms with E-state index < -0.39 is 0 Å². The van der Waals surface area contributed by atoms with Crippen LogP contribution in [0.4, 0.5) is 0 Å². The third kappa shape index (κ3) is 2.12. The molecule has 2 heteroatoms. The maximum absolute atomic E-state index is 6.57. The Morgan fingerprint density at radius 1 is 1.05 bits per heavy atom. The lowest BCUT2D eigenvalue weighted by Gasteiger charge is -2.51. The molecule has 1 aromatic carbocycles. The number of hydrogen-bond donors (Lipinski definition) is 0. The van der Waals surface area contributed by atoms with Gasteiger partial charge in [0.05, 0.1) is 12.1 Å². The minimum absolute atomic E-state index is 0.743. The first-order valence-electron chi connectivity index (χ1n) is 8.21. The van der Waals surface area contributed by atoms with Gasteiger partial charge >= 0.3 is 0 Å². The smallest absolute Gasteiger partial charge is 0.127 e. The van der Waals surface area contributed by atoms with Crippen molar-refractivity contribution in [1.82, 2.24) is 0 Å². The topological polar surface area (TPSA) is 9.23 Å². The molecule has 21 heavy (non-hydrogen) atoms. The maximum atomic E-state index is 6.57. The van der Waals surface area contributed by atoms with E-state index in [0.717, 1.165) is 45.6 Å². The maximum Gasteiger partial charge on any atom is 0.127 e. The van der Waals surface area contributed by atoms with Crippen LogP contribution in [0, 0.1) is 30.6 Å². The Morgan fingerprint density at radius 2 is 1.67 bits per heavy atom. The van der Waals surface area contributed by atoms with E-state index in [0.29, 0.717) is 0 Å². The van der Waals surface area contributed by atoms with Gasteiger partial charge in [-0.05, 0) is 79.9 Å². The molecule has 4 saturated carbocycles. The molecule has 0 spiro atoms. The molecule has 0 heterocycles. The van der Waals surface area contributed by atoms with Gasteiger partial charge < -0.3 is 4.74 Å². The summed E-state index contributed by atoms with van der Waals surface area (Å²) in [6.07, 6.45) is 6.97. The molecule has 0 amide bonds. The second kappa shape index (κ2) is 5.05. The quantitative estimate of drug-likeness (QED) is 0.659. The average molecular weight is 303 g/mol. The Hall–Kier alpha value is -0.950. The van der Waals surface area contributed by atoms with Crippen molar-refractivity contribution < 1.29 is 4.74 Å². The van der Waals surface area contributed by atoms with Gasteiger partial charge in [0.2, 0.25) is 0 Å². The number of hydrogen-bond acceptors (Lipinski definition) is 1. The molecule has 4 aliphatic carbocycles. The largest absolute Gasteiger partial charge is 0.496 e. The molecule has 0 unspecified atom stereocenters. The fourth-order valence-electron chi connectivity index (χ4n) is 5.27. The van der Waals surface area contributed by atoms with Gasteiger partial charge in [0.15, 0.2) is 0 Å². The third-order valence-electron chi connectivity index (χ3n) is 5.92. The van der Waals surface area contributed by atoms with E-state index >= 15 is 0 Å². The Morgan fingerprint density at radius 3 is 2.24 bits per heavy atom. The van der Waals surface area contributed by atoms with Crippen LogP contribution in [-0.4, -0.2) is 7.11 Å². The molecule has 0 aromatic heterocycles. The second-order valence-corrected chi connectivity index (χ2v) is 7.61. The number of rotatable bonds is 2. The molecule has 4 bridgehead atoms. The fraction of sp³-hybridized carbons (Fsp3) is 0.579. The Balaban J connectivity index is 1.83. The summed E-state index contributed by atoms with van der Waals surface area (Å²) in [6, 6.07) is 6.28. The highest BCUT2D eigenvalue weighted by Gasteiger charge is 2.46. The van der Waals surface area contributed by atoms with Crippen molar-refractivity contribution in [3.63, 3.8) is 0 Å². The Kier molecular flexibility index (Phi) is 3.29. The highest BCUT2D eigenvalue weighted by molar-refractivity contribution is 6.33. The summed E-state index contributed by atoms with van der Waals surface area (Å²) in [5, 5.41) is 0.857. The van der Waals surface area contributed by atoms with Crippen LogP contribution in [0.5, 0.6) is 0 Å². The first-order chi connectivity index (χ1) is 10.2. The van der Waals surface area contributed by atoms with Gasteiger partial charge in [0, 0.05) is 5.56 Å². The molecule has 0 aliphatic heterocycles. The van der Waals surface area contributed by atoms with Gasteiger partial charge in [-0.25, -0.2) is 0 Å². The van der Waals surface area contributed by atoms with E-state index in [1.54, 1.807) is 5.57 Å². The molecule has 4 fully saturated rings. The zero-order chi connectivity index (χ0) is 14.6. The van der Waals surface area contributed by atoms with Crippen LogP contribution in [0.25, 0.3) is 5.76 Å². The van der Waals surface area contributed by atoms with Crippen molar-refractivity contribution in [3.05, 3.63) is 39.9 Å². The lowest BCUT2D eigenvalue weighted by atomic mass is 9.54. The van der Waals surface area contributed by atoms with Crippen molar-refractivity contribution in [2.45, 2.75) is 39.0 Å². The number of benzene rings is 1. The lowest BCUT2D eigenvalue weighted by Crippen LogP contribution is -2.40. The SMILES string of the molecule is COC(=C1C2CC3CC(C2)CC1C3)c1cccc(C)c1Cl. The monoisotopic (exact) mass is 302 g/mol. The van der Waals surface area contributed by atoms with Crippen LogP contribution in [0.1, 0.15) is 43.2 Å². The van der Waals surface area contributed by atoms with E-state index in [2.05, 4.69) is 25.1 Å². The molecular weight excluding hydrogens is 280 g/mol. The van der Waals surface area contributed by atoms with Crippen LogP contribution >= 0.6 is 11.6 Å². The minimum atomic E-state index is 0.743. The Labute approximate surface area is 132 Å². The molecule has 5 rings (SSSR count). The van der Waals surface area contributed by atoms with E-state index in [1.165, 1.54) is 32.1 Å². The highest BCUT2D eigenvalue weighted by Crippen LogP contribution is 2.58. The van der Waals surface area contributed by atoms with Crippen molar-refractivity contribution in [3.8, 4) is 0 Å². The van der Waals surface area contributed by atoms with Crippen molar-refractivity contribution in [2.75, 3.05) is 7.11 Å². The molecule has 1 aromatic rings. The summed E-state index contributed by atoms with van der Waals surface area (Å²) < 4.78 is 5.89. The predicted octanol–water partition coefficient (Wildman–Crippen LogP) is 5.46. The first-order valence-corrected chi connectivity index (χ1v) is 8.58. The van der Waals surface area contributed by atoms with Crippen LogP contribution in [0.2, 0.25) is 5.02 Å². The summed E-state index contributed by atoms with van der Waals surface area (Å²) >= 11 is 6.57. The lowest BCUT2D eigenvalue weighted by molar-refractivity contribution is 0.0675. The predicted molar refractivity (Wildman–Crippen MR) is 87.2 cm³/mol. The van der Waals surface area contributed by atoms with Crippen LogP contribution in [-0.2, 0) is 4.74 Å². The van der Waals surface area contributed by atoms with Crippen LogP contribution < -0.4 is 0 Å². The molecule has 1 nitrogen and oxygen atoms in total. The van der Waals surface area contributed by atoms with Gasteiger partial charge in [-0.15, -0.1) is 0 Å². The van der Waals surface area contributed by atoms with E-state index in [9.17, 15) is 0 Å². The Bertz CT molecular complexity index is 572. The highest BCUT2D eigenvalue weighted by atomic mass is 35.5. The number of allylic oxidation sites excluding steroid dienone is 1. The van der Waals surface area contributed by atoms with Gasteiger partial charge in [-0.2, -0.15) is 0 Å². The zero-order valence-corrected chi connectivity index (χ0v) is 13.6. The molecule has 4 aliphatic rings. The van der Waals surface area contributed by atoms with Crippen molar-refractivity contribution in [2.24, 2.45) is 23.7 Å². The van der Waals surface area contributed by atoms with Gasteiger partial charge in [0.1, 0.15) is 5.76 Å².